The highest BCUT2D eigenvalue weighted by atomic mass is 32.2. The summed E-state index contributed by atoms with van der Waals surface area (Å²) in [6, 6.07) is 18.3. The monoisotopic (exact) mass is 484 g/mol. The number of hydrogen-bond acceptors (Lipinski definition) is 4. The number of nitrogens with zero attached hydrogens (tertiary/aromatic N) is 2. The maximum Gasteiger partial charge on any atom is 0.243 e. The van der Waals surface area contributed by atoms with E-state index in [2.05, 4.69) is 0 Å². The van der Waals surface area contributed by atoms with Gasteiger partial charge in [0.2, 0.25) is 15.9 Å². The second-order valence-electron chi connectivity index (χ2n) is 8.38. The van der Waals surface area contributed by atoms with Crippen molar-refractivity contribution < 1.29 is 13.2 Å². The predicted octanol–water partition coefficient (Wildman–Crippen LogP) is 5.38. The van der Waals surface area contributed by atoms with Gasteiger partial charge in [0, 0.05) is 17.5 Å². The Labute approximate surface area is 201 Å². The van der Waals surface area contributed by atoms with Crippen LogP contribution in [0.1, 0.15) is 41.8 Å². The Kier molecular flexibility index (Phi) is 8.46. The maximum atomic E-state index is 13.6. The van der Waals surface area contributed by atoms with Crippen molar-refractivity contribution in [1.82, 2.24) is 9.21 Å². The summed E-state index contributed by atoms with van der Waals surface area (Å²) in [6.45, 7) is 8.42. The van der Waals surface area contributed by atoms with Gasteiger partial charge in [-0.15, -0.1) is 11.3 Å². The zero-order valence-electron chi connectivity index (χ0n) is 19.7. The lowest BCUT2D eigenvalue weighted by molar-refractivity contribution is -0.133. The molecule has 0 saturated carbocycles. The minimum Gasteiger partial charge on any atom is -0.332 e. The molecule has 0 N–H and O–H groups in total. The lowest BCUT2D eigenvalue weighted by atomic mass is 10.2. The number of hydrogen-bond donors (Lipinski definition) is 0. The molecule has 1 unspecified atom stereocenters. The highest BCUT2D eigenvalue weighted by Crippen LogP contribution is 2.23. The number of carbonyl (C=O) groups excluding carboxylic acids is 1. The van der Waals surface area contributed by atoms with E-state index in [4.69, 9.17) is 0 Å². The van der Waals surface area contributed by atoms with Crippen LogP contribution >= 0.6 is 11.3 Å². The summed E-state index contributed by atoms with van der Waals surface area (Å²) in [4.78, 5) is 16.7. The van der Waals surface area contributed by atoms with Crippen LogP contribution in [0, 0.1) is 13.8 Å². The van der Waals surface area contributed by atoms with Crippen molar-refractivity contribution in [3.8, 4) is 0 Å². The Balaban J connectivity index is 1.90. The zero-order chi connectivity index (χ0) is 24.0. The second-order valence-corrected chi connectivity index (χ2v) is 11.3. The van der Waals surface area contributed by atoms with Gasteiger partial charge in [-0.1, -0.05) is 55.0 Å². The fourth-order valence-corrected chi connectivity index (χ4v) is 6.11. The summed E-state index contributed by atoms with van der Waals surface area (Å²) in [5.74, 6) is -0.206. The average Bonchev–Trinajstić information content (AvgIpc) is 3.21. The van der Waals surface area contributed by atoms with Crippen LogP contribution in [0.25, 0.3) is 0 Å². The highest BCUT2D eigenvalue weighted by Gasteiger charge is 2.32. The predicted molar refractivity (Wildman–Crippen MR) is 135 cm³/mol. The van der Waals surface area contributed by atoms with Crippen LogP contribution in [-0.4, -0.2) is 36.1 Å². The molecule has 0 bridgehead atoms. The Bertz CT molecular complexity index is 1160. The molecule has 0 fully saturated rings. The van der Waals surface area contributed by atoms with Crippen molar-refractivity contribution in [2.24, 2.45) is 0 Å². The number of aryl methyl sites for hydroxylation is 2. The number of thiophene rings is 1. The smallest absolute Gasteiger partial charge is 0.243 e. The third kappa shape index (κ3) is 6.31. The van der Waals surface area contributed by atoms with Crippen molar-refractivity contribution >= 4 is 27.3 Å². The first-order valence-corrected chi connectivity index (χ1v) is 13.5. The standard InChI is InChI=1S/C26H32N2O3S2/c1-5-22(4)28(33(30,31)24-13-11-20(2)12-14-24)19-26(29)27(17-23-9-7-6-8-10-23)18-25-21(3)15-16-32-25/h6-16,22H,5,17-19H2,1-4H3. The van der Waals surface area contributed by atoms with Crippen molar-refractivity contribution in [2.45, 2.75) is 58.1 Å². The molecule has 1 aromatic heterocycles. The SMILES string of the molecule is CCC(C)N(CC(=O)N(Cc1ccccc1)Cc1sccc1C)S(=O)(=O)c1ccc(C)cc1. The van der Waals surface area contributed by atoms with E-state index < -0.39 is 10.0 Å². The summed E-state index contributed by atoms with van der Waals surface area (Å²) >= 11 is 1.61. The van der Waals surface area contributed by atoms with E-state index in [1.54, 1.807) is 40.5 Å². The fourth-order valence-electron chi connectivity index (χ4n) is 3.54. The van der Waals surface area contributed by atoms with Gasteiger partial charge >= 0.3 is 0 Å². The topological polar surface area (TPSA) is 57.7 Å². The molecule has 2 aromatic carbocycles. The van der Waals surface area contributed by atoms with Crippen LogP contribution < -0.4 is 0 Å². The molecule has 0 aliphatic carbocycles. The summed E-state index contributed by atoms with van der Waals surface area (Å²) in [6.07, 6.45) is 0.612. The largest absolute Gasteiger partial charge is 0.332 e. The van der Waals surface area contributed by atoms with E-state index in [0.29, 0.717) is 19.5 Å². The van der Waals surface area contributed by atoms with Crippen LogP contribution in [0.4, 0.5) is 0 Å². The second kappa shape index (κ2) is 11.1. The molecule has 7 heteroatoms. The van der Waals surface area contributed by atoms with Gasteiger partial charge in [0.1, 0.15) is 0 Å². The highest BCUT2D eigenvalue weighted by molar-refractivity contribution is 7.89. The molecule has 1 heterocycles. The van der Waals surface area contributed by atoms with Gasteiger partial charge in [0.25, 0.3) is 0 Å². The van der Waals surface area contributed by atoms with Gasteiger partial charge in [-0.05, 0) is 61.9 Å². The van der Waals surface area contributed by atoms with Crippen molar-refractivity contribution in [2.75, 3.05) is 6.54 Å². The summed E-state index contributed by atoms with van der Waals surface area (Å²) in [7, 11) is -3.81. The van der Waals surface area contributed by atoms with Crippen molar-refractivity contribution in [1.29, 1.82) is 0 Å². The molecule has 5 nitrogen and oxygen atoms in total. The molecule has 176 valence electrons. The molecule has 3 rings (SSSR count). The molecule has 0 aliphatic heterocycles. The van der Waals surface area contributed by atoms with E-state index in [-0.39, 0.29) is 23.4 Å². The van der Waals surface area contributed by atoms with E-state index in [0.717, 1.165) is 21.6 Å². The number of benzene rings is 2. The van der Waals surface area contributed by atoms with Gasteiger partial charge in [0.15, 0.2) is 0 Å². The molecule has 3 aromatic rings. The summed E-state index contributed by atoms with van der Waals surface area (Å²) in [5, 5.41) is 2.02. The van der Waals surface area contributed by atoms with Gasteiger partial charge < -0.3 is 4.90 Å². The van der Waals surface area contributed by atoms with Crippen LogP contribution in [-0.2, 0) is 27.9 Å². The van der Waals surface area contributed by atoms with E-state index >= 15 is 0 Å². The van der Waals surface area contributed by atoms with E-state index in [1.807, 2.05) is 69.5 Å². The minimum atomic E-state index is -3.81. The Hall–Kier alpha value is -2.48. The molecule has 0 aliphatic rings. The van der Waals surface area contributed by atoms with Crippen molar-refractivity contribution in [3.05, 3.63) is 87.6 Å². The molecule has 0 spiro atoms. The normalized spacial score (nSPS) is 12.6. The van der Waals surface area contributed by atoms with Crippen LogP contribution in [0.2, 0.25) is 0 Å². The van der Waals surface area contributed by atoms with Crippen LogP contribution in [0.15, 0.2) is 70.9 Å². The van der Waals surface area contributed by atoms with Gasteiger partial charge in [-0.2, -0.15) is 4.31 Å². The summed E-state index contributed by atoms with van der Waals surface area (Å²) < 4.78 is 28.3. The minimum absolute atomic E-state index is 0.192. The quantitative estimate of drug-likeness (QED) is 0.388. The average molecular weight is 485 g/mol. The third-order valence-electron chi connectivity index (χ3n) is 5.87. The molecule has 1 atom stereocenters. The fraction of sp³-hybridized carbons (Fsp3) is 0.346. The lowest BCUT2D eigenvalue weighted by Crippen LogP contribution is -2.46. The number of rotatable bonds is 10. The first-order chi connectivity index (χ1) is 15.7. The maximum absolute atomic E-state index is 13.6. The molecule has 0 saturated heterocycles. The molecule has 33 heavy (non-hydrogen) atoms. The molecular formula is C26H32N2O3S2. The van der Waals surface area contributed by atoms with Crippen LogP contribution in [0.3, 0.4) is 0 Å². The first kappa shape index (κ1) is 25.1. The molecule has 1 amide bonds. The Morgan fingerprint density at radius 2 is 1.64 bits per heavy atom. The van der Waals surface area contributed by atoms with Gasteiger partial charge in [0.05, 0.1) is 18.0 Å². The van der Waals surface area contributed by atoms with Crippen LogP contribution in [0.5, 0.6) is 0 Å². The summed E-state index contributed by atoms with van der Waals surface area (Å²) in [5.41, 5.74) is 3.13. The van der Waals surface area contributed by atoms with Crippen molar-refractivity contribution in [3.63, 3.8) is 0 Å². The molecule has 0 radical (unpaired) electrons. The number of carbonyl (C=O) groups is 1. The number of sulfonamides is 1. The zero-order valence-corrected chi connectivity index (χ0v) is 21.3. The number of amides is 1. The molecular weight excluding hydrogens is 452 g/mol. The lowest BCUT2D eigenvalue weighted by Gasteiger charge is -2.30. The first-order valence-electron chi connectivity index (χ1n) is 11.2. The van der Waals surface area contributed by atoms with E-state index in [9.17, 15) is 13.2 Å². The van der Waals surface area contributed by atoms with E-state index in [1.165, 1.54) is 4.31 Å². The van der Waals surface area contributed by atoms with Gasteiger partial charge in [-0.25, -0.2) is 8.42 Å². The van der Waals surface area contributed by atoms with Gasteiger partial charge in [-0.3, -0.25) is 4.79 Å². The Morgan fingerprint density at radius 3 is 2.21 bits per heavy atom. The Morgan fingerprint density at radius 1 is 0.970 bits per heavy atom. The third-order valence-corrected chi connectivity index (χ3v) is 8.85.